The molecule has 3 aromatic carbocycles. The van der Waals surface area contributed by atoms with Crippen LogP contribution in [0.15, 0.2) is 78.9 Å². The van der Waals surface area contributed by atoms with Crippen molar-refractivity contribution in [3.8, 4) is 0 Å². The molecule has 244 valence electrons. The Morgan fingerprint density at radius 1 is 0.957 bits per heavy atom. The van der Waals surface area contributed by atoms with E-state index in [1.165, 1.54) is 16.8 Å². The van der Waals surface area contributed by atoms with Gasteiger partial charge >= 0.3 is 0 Å². The van der Waals surface area contributed by atoms with Gasteiger partial charge in [0.2, 0.25) is 11.8 Å². The van der Waals surface area contributed by atoms with Gasteiger partial charge in [0.25, 0.3) is 0 Å². The van der Waals surface area contributed by atoms with E-state index < -0.39 is 12.1 Å². The molecule has 0 bridgehead atoms. The SMILES string of the molecule is O=C(NC(Cc1ccc(Cl)cc1)C(=O)N1CCC2(CC1)CN(CCNCCO)CN2c1ccccc1)C1Cc2ccccc2CN1. The number of hydrogen-bond acceptors (Lipinski definition) is 7. The normalized spacial score (nSPS) is 20.0. The van der Waals surface area contributed by atoms with Gasteiger partial charge < -0.3 is 30.9 Å². The summed E-state index contributed by atoms with van der Waals surface area (Å²) in [6.07, 6.45) is 2.68. The molecule has 2 amide bonds. The summed E-state index contributed by atoms with van der Waals surface area (Å²) >= 11 is 6.15. The van der Waals surface area contributed by atoms with E-state index in [0.717, 1.165) is 44.7 Å². The molecule has 0 aromatic heterocycles. The predicted molar refractivity (Wildman–Crippen MR) is 182 cm³/mol. The highest BCUT2D eigenvalue weighted by Gasteiger charge is 2.47. The van der Waals surface area contributed by atoms with E-state index in [1.54, 1.807) is 0 Å². The summed E-state index contributed by atoms with van der Waals surface area (Å²) in [5.74, 6) is -0.185. The Morgan fingerprint density at radius 3 is 2.41 bits per heavy atom. The molecular formula is C36H45ClN6O3. The number of aliphatic hydroxyl groups is 1. The van der Waals surface area contributed by atoms with Crippen LogP contribution in [0.1, 0.15) is 29.5 Å². The quantitative estimate of drug-likeness (QED) is 0.238. The Hall–Kier alpha value is -3.47. The number of halogens is 1. The van der Waals surface area contributed by atoms with E-state index in [2.05, 4.69) is 62.1 Å². The molecule has 0 aliphatic carbocycles. The first-order chi connectivity index (χ1) is 22.4. The highest BCUT2D eigenvalue weighted by Crippen LogP contribution is 2.38. The first kappa shape index (κ1) is 32.5. The predicted octanol–water partition coefficient (Wildman–Crippen LogP) is 2.80. The maximum absolute atomic E-state index is 14.2. The van der Waals surface area contributed by atoms with Gasteiger partial charge in [-0.05, 0) is 60.2 Å². The third kappa shape index (κ3) is 7.56. The van der Waals surface area contributed by atoms with Gasteiger partial charge in [0.05, 0.1) is 24.9 Å². The van der Waals surface area contributed by atoms with Crippen molar-refractivity contribution in [2.45, 2.75) is 49.9 Å². The lowest BCUT2D eigenvalue weighted by molar-refractivity contribution is -0.138. The zero-order chi connectivity index (χ0) is 31.9. The van der Waals surface area contributed by atoms with Gasteiger partial charge in [0.15, 0.2) is 0 Å². The molecule has 1 spiro atoms. The summed E-state index contributed by atoms with van der Waals surface area (Å²) in [7, 11) is 0. The van der Waals surface area contributed by atoms with E-state index in [4.69, 9.17) is 16.7 Å². The van der Waals surface area contributed by atoms with E-state index in [1.807, 2.05) is 47.4 Å². The Balaban J connectivity index is 1.15. The first-order valence-electron chi connectivity index (χ1n) is 16.4. The number of piperidine rings is 1. The van der Waals surface area contributed by atoms with E-state index >= 15 is 0 Å². The molecule has 4 N–H and O–H groups in total. The van der Waals surface area contributed by atoms with Crippen molar-refractivity contribution in [1.29, 1.82) is 0 Å². The van der Waals surface area contributed by atoms with Crippen LogP contribution in [-0.4, -0.2) is 96.9 Å². The van der Waals surface area contributed by atoms with Crippen LogP contribution in [0, 0.1) is 0 Å². The smallest absolute Gasteiger partial charge is 0.245 e. The second-order valence-electron chi connectivity index (χ2n) is 12.8. The fourth-order valence-electron chi connectivity index (χ4n) is 7.22. The second-order valence-corrected chi connectivity index (χ2v) is 13.2. The molecule has 3 aromatic rings. The molecule has 46 heavy (non-hydrogen) atoms. The average Bonchev–Trinajstić information content (AvgIpc) is 3.44. The molecule has 6 rings (SSSR count). The number of carbonyl (C=O) groups excluding carboxylic acids is 2. The standard InChI is InChI=1S/C36H45ClN6O3/c37-30-12-10-27(11-13-30)22-33(40-34(45)32-23-28-6-4-5-7-29(28)24-39-32)35(46)42-18-14-36(15-19-42)25-41(20-16-38-17-21-44)26-43(36)31-8-2-1-3-9-31/h1-13,32-33,38-39,44H,14-26H2,(H,40,45). The Labute approximate surface area is 276 Å². The van der Waals surface area contributed by atoms with Crippen molar-refractivity contribution >= 4 is 29.1 Å². The topological polar surface area (TPSA) is 100 Å². The summed E-state index contributed by atoms with van der Waals surface area (Å²) in [4.78, 5) is 34.8. The summed E-state index contributed by atoms with van der Waals surface area (Å²) in [6.45, 7) is 6.06. The molecule has 2 unspecified atom stereocenters. The number of fused-ring (bicyclic) bond motifs is 1. The van der Waals surface area contributed by atoms with Crippen LogP contribution in [0.4, 0.5) is 5.69 Å². The van der Waals surface area contributed by atoms with Crippen LogP contribution in [-0.2, 0) is 29.0 Å². The lowest BCUT2D eigenvalue weighted by atomic mass is 9.85. The number of nitrogens with zero attached hydrogens (tertiary/aromatic N) is 3. The van der Waals surface area contributed by atoms with E-state index in [0.29, 0.717) is 44.0 Å². The number of aliphatic hydroxyl groups excluding tert-OH is 1. The number of nitrogens with one attached hydrogen (secondary N) is 3. The van der Waals surface area contributed by atoms with Gasteiger partial charge in [0, 0.05) is 62.9 Å². The maximum atomic E-state index is 14.2. The van der Waals surface area contributed by atoms with Crippen molar-refractivity contribution in [3.05, 3.63) is 101 Å². The maximum Gasteiger partial charge on any atom is 0.245 e. The summed E-state index contributed by atoms with van der Waals surface area (Å²) in [5, 5.41) is 19.6. The fraction of sp³-hybridized carbons (Fsp3) is 0.444. The molecule has 3 aliphatic rings. The van der Waals surface area contributed by atoms with Crippen molar-refractivity contribution in [3.63, 3.8) is 0 Å². The first-order valence-corrected chi connectivity index (χ1v) is 16.8. The molecular weight excluding hydrogens is 600 g/mol. The van der Waals surface area contributed by atoms with Gasteiger partial charge in [-0.15, -0.1) is 0 Å². The number of amides is 2. The highest BCUT2D eigenvalue weighted by molar-refractivity contribution is 6.30. The second kappa shape index (κ2) is 15.0. The summed E-state index contributed by atoms with van der Waals surface area (Å²) in [6, 6.07) is 25.2. The van der Waals surface area contributed by atoms with Crippen LogP contribution in [0.2, 0.25) is 5.02 Å². The lowest BCUT2D eigenvalue weighted by Crippen LogP contribution is -2.59. The third-order valence-corrected chi connectivity index (χ3v) is 10.0. The summed E-state index contributed by atoms with van der Waals surface area (Å²) < 4.78 is 0. The minimum absolute atomic E-state index is 0.0383. The number of likely N-dealkylation sites (tertiary alicyclic amines) is 1. The van der Waals surface area contributed by atoms with Gasteiger partial charge in [-0.3, -0.25) is 14.5 Å². The molecule has 3 aliphatic heterocycles. The van der Waals surface area contributed by atoms with Gasteiger partial charge in [-0.25, -0.2) is 0 Å². The number of hydrogen-bond donors (Lipinski definition) is 4. The van der Waals surface area contributed by atoms with Crippen molar-refractivity contribution < 1.29 is 14.7 Å². The van der Waals surface area contributed by atoms with Gasteiger partial charge in [-0.1, -0.05) is 66.2 Å². The molecule has 2 atom stereocenters. The molecule has 9 nitrogen and oxygen atoms in total. The summed E-state index contributed by atoms with van der Waals surface area (Å²) in [5.41, 5.74) is 4.45. The molecule has 2 fully saturated rings. The lowest BCUT2D eigenvalue weighted by Gasteiger charge is -2.46. The molecule has 0 saturated carbocycles. The van der Waals surface area contributed by atoms with Crippen molar-refractivity contribution in [1.82, 2.24) is 25.8 Å². The Morgan fingerprint density at radius 2 is 1.67 bits per heavy atom. The minimum Gasteiger partial charge on any atom is -0.395 e. The van der Waals surface area contributed by atoms with Crippen LogP contribution < -0.4 is 20.9 Å². The van der Waals surface area contributed by atoms with Gasteiger partial charge in [-0.2, -0.15) is 0 Å². The number of para-hydroxylation sites is 1. The molecule has 3 heterocycles. The minimum atomic E-state index is -0.676. The zero-order valence-corrected chi connectivity index (χ0v) is 27.1. The van der Waals surface area contributed by atoms with Crippen molar-refractivity contribution in [2.75, 3.05) is 57.4 Å². The van der Waals surface area contributed by atoms with Crippen LogP contribution in [0.5, 0.6) is 0 Å². The third-order valence-electron chi connectivity index (χ3n) is 9.76. The van der Waals surface area contributed by atoms with Gasteiger partial charge in [0.1, 0.15) is 6.04 Å². The largest absolute Gasteiger partial charge is 0.395 e. The number of benzene rings is 3. The van der Waals surface area contributed by atoms with E-state index in [9.17, 15) is 9.59 Å². The van der Waals surface area contributed by atoms with Crippen LogP contribution in [0.3, 0.4) is 0 Å². The monoisotopic (exact) mass is 644 g/mol. The fourth-order valence-corrected chi connectivity index (χ4v) is 7.34. The number of rotatable bonds is 11. The van der Waals surface area contributed by atoms with Crippen molar-refractivity contribution in [2.24, 2.45) is 0 Å². The molecule has 0 radical (unpaired) electrons. The van der Waals surface area contributed by atoms with E-state index in [-0.39, 0.29) is 24.0 Å². The molecule has 2 saturated heterocycles. The zero-order valence-electron chi connectivity index (χ0n) is 26.3. The van der Waals surface area contributed by atoms with Crippen LogP contribution >= 0.6 is 11.6 Å². The number of anilines is 1. The average molecular weight is 645 g/mol. The highest BCUT2D eigenvalue weighted by atomic mass is 35.5. The van der Waals surface area contributed by atoms with Crippen LogP contribution in [0.25, 0.3) is 0 Å². The number of carbonyl (C=O) groups is 2. The Bertz CT molecular complexity index is 1460. The Kier molecular flexibility index (Phi) is 10.6. The molecule has 10 heteroatoms.